The van der Waals surface area contributed by atoms with Crippen molar-refractivity contribution >= 4 is 23.2 Å². The number of pyridine rings is 1. The van der Waals surface area contributed by atoms with Gasteiger partial charge in [0.25, 0.3) is 5.91 Å². The predicted molar refractivity (Wildman–Crippen MR) is 76.2 cm³/mol. The van der Waals surface area contributed by atoms with E-state index in [2.05, 4.69) is 10.3 Å². The molecule has 1 aromatic carbocycles. The standard InChI is InChI=1S/C14H11ClN4O/c15-12-5-9(7-16)1-2-13(12)19-14(20)10-3-4-18-11(6-10)8-17/h1-6H,8,17H2,(H,19,20). The van der Waals surface area contributed by atoms with Gasteiger partial charge in [-0.3, -0.25) is 9.78 Å². The molecule has 0 bridgehead atoms. The Morgan fingerprint density at radius 3 is 2.85 bits per heavy atom. The molecular weight excluding hydrogens is 276 g/mol. The normalized spacial score (nSPS) is 9.85. The Bertz CT molecular complexity index is 694. The van der Waals surface area contributed by atoms with Crippen molar-refractivity contribution in [2.24, 2.45) is 5.73 Å². The minimum absolute atomic E-state index is 0.263. The molecule has 0 aliphatic rings. The van der Waals surface area contributed by atoms with Crippen LogP contribution in [0, 0.1) is 11.3 Å². The van der Waals surface area contributed by atoms with Gasteiger partial charge in [0.1, 0.15) is 0 Å². The first kappa shape index (κ1) is 14.0. The molecule has 20 heavy (non-hydrogen) atoms. The predicted octanol–water partition coefficient (Wildman–Crippen LogP) is 2.32. The van der Waals surface area contributed by atoms with Crippen LogP contribution in [0.4, 0.5) is 5.69 Å². The second kappa shape index (κ2) is 6.15. The first-order valence-electron chi connectivity index (χ1n) is 5.80. The van der Waals surface area contributed by atoms with Gasteiger partial charge in [-0.25, -0.2) is 0 Å². The third-order valence-electron chi connectivity index (χ3n) is 2.63. The number of nitrogens with one attached hydrogen (secondary N) is 1. The van der Waals surface area contributed by atoms with Crippen LogP contribution in [0.15, 0.2) is 36.5 Å². The highest BCUT2D eigenvalue weighted by atomic mass is 35.5. The van der Waals surface area contributed by atoms with E-state index in [1.807, 2.05) is 6.07 Å². The van der Waals surface area contributed by atoms with Gasteiger partial charge in [-0.05, 0) is 30.3 Å². The van der Waals surface area contributed by atoms with Crippen LogP contribution in [-0.2, 0) is 6.54 Å². The number of halogens is 1. The number of rotatable bonds is 3. The summed E-state index contributed by atoms with van der Waals surface area (Å²) in [6.45, 7) is 0.263. The fourth-order valence-electron chi connectivity index (χ4n) is 1.61. The van der Waals surface area contributed by atoms with Gasteiger partial charge in [0, 0.05) is 18.3 Å². The Labute approximate surface area is 121 Å². The maximum absolute atomic E-state index is 12.1. The van der Waals surface area contributed by atoms with Crippen molar-refractivity contribution in [2.75, 3.05) is 5.32 Å². The summed E-state index contributed by atoms with van der Waals surface area (Å²) in [4.78, 5) is 16.1. The monoisotopic (exact) mass is 286 g/mol. The molecular formula is C14H11ClN4O. The number of hydrogen-bond donors (Lipinski definition) is 2. The van der Waals surface area contributed by atoms with Crippen molar-refractivity contribution < 1.29 is 4.79 Å². The summed E-state index contributed by atoms with van der Waals surface area (Å²) in [6, 6.07) is 9.85. The number of aromatic nitrogens is 1. The Morgan fingerprint density at radius 1 is 1.40 bits per heavy atom. The number of nitrogens with two attached hydrogens (primary N) is 1. The van der Waals surface area contributed by atoms with Crippen molar-refractivity contribution in [3.63, 3.8) is 0 Å². The van der Waals surface area contributed by atoms with E-state index >= 15 is 0 Å². The van der Waals surface area contributed by atoms with Gasteiger partial charge < -0.3 is 11.1 Å². The van der Waals surface area contributed by atoms with Crippen LogP contribution in [0.5, 0.6) is 0 Å². The minimum atomic E-state index is -0.311. The summed E-state index contributed by atoms with van der Waals surface area (Å²) in [5.41, 5.74) is 7.43. The first-order chi connectivity index (χ1) is 9.63. The quantitative estimate of drug-likeness (QED) is 0.905. The molecule has 0 saturated carbocycles. The SMILES string of the molecule is N#Cc1ccc(NC(=O)c2ccnc(CN)c2)c(Cl)c1. The fourth-order valence-corrected chi connectivity index (χ4v) is 1.84. The Hall–Kier alpha value is -2.42. The van der Waals surface area contributed by atoms with Gasteiger partial charge in [0.05, 0.1) is 28.0 Å². The zero-order chi connectivity index (χ0) is 14.5. The number of anilines is 1. The second-order valence-corrected chi connectivity index (χ2v) is 4.41. The van der Waals surface area contributed by atoms with Crippen LogP contribution >= 0.6 is 11.6 Å². The van der Waals surface area contributed by atoms with E-state index in [0.717, 1.165) is 0 Å². The molecule has 100 valence electrons. The third kappa shape index (κ3) is 3.12. The van der Waals surface area contributed by atoms with E-state index in [-0.39, 0.29) is 12.5 Å². The lowest BCUT2D eigenvalue weighted by atomic mass is 10.2. The molecule has 0 aliphatic heterocycles. The van der Waals surface area contributed by atoms with Crippen molar-refractivity contribution in [3.8, 4) is 6.07 Å². The lowest BCUT2D eigenvalue weighted by molar-refractivity contribution is 0.102. The Kier molecular flexibility index (Phi) is 4.31. The van der Waals surface area contributed by atoms with Gasteiger partial charge in [0.2, 0.25) is 0 Å². The molecule has 2 rings (SSSR count). The van der Waals surface area contributed by atoms with Crippen molar-refractivity contribution in [1.82, 2.24) is 4.98 Å². The van der Waals surface area contributed by atoms with Crippen LogP contribution < -0.4 is 11.1 Å². The van der Waals surface area contributed by atoms with Gasteiger partial charge in [0.15, 0.2) is 0 Å². The summed E-state index contributed by atoms with van der Waals surface area (Å²) >= 11 is 6.00. The van der Waals surface area contributed by atoms with Crippen LogP contribution in [0.2, 0.25) is 5.02 Å². The summed E-state index contributed by atoms with van der Waals surface area (Å²) in [5.74, 6) is -0.311. The zero-order valence-corrected chi connectivity index (χ0v) is 11.2. The smallest absolute Gasteiger partial charge is 0.255 e. The number of nitrogens with zero attached hydrogens (tertiary/aromatic N) is 2. The van der Waals surface area contributed by atoms with E-state index in [9.17, 15) is 4.79 Å². The van der Waals surface area contributed by atoms with Gasteiger partial charge in [-0.15, -0.1) is 0 Å². The molecule has 3 N–H and O–H groups in total. The molecule has 6 heteroatoms. The largest absolute Gasteiger partial charge is 0.325 e. The molecule has 1 heterocycles. The molecule has 0 aliphatic carbocycles. The highest BCUT2D eigenvalue weighted by Crippen LogP contribution is 2.23. The maximum Gasteiger partial charge on any atom is 0.255 e. The third-order valence-corrected chi connectivity index (χ3v) is 2.95. The number of benzene rings is 1. The van der Waals surface area contributed by atoms with Gasteiger partial charge in [-0.2, -0.15) is 5.26 Å². The molecule has 0 atom stereocenters. The molecule has 5 nitrogen and oxygen atoms in total. The molecule has 0 fully saturated rings. The lowest BCUT2D eigenvalue weighted by Crippen LogP contribution is -2.13. The summed E-state index contributed by atoms with van der Waals surface area (Å²) in [7, 11) is 0. The van der Waals surface area contributed by atoms with Crippen LogP contribution in [0.1, 0.15) is 21.6 Å². The van der Waals surface area contributed by atoms with Crippen LogP contribution in [0.25, 0.3) is 0 Å². The fraction of sp³-hybridized carbons (Fsp3) is 0.0714. The zero-order valence-electron chi connectivity index (χ0n) is 10.4. The second-order valence-electron chi connectivity index (χ2n) is 4.00. The van der Waals surface area contributed by atoms with Crippen molar-refractivity contribution in [2.45, 2.75) is 6.54 Å². The molecule has 0 unspecified atom stereocenters. The average molecular weight is 287 g/mol. The maximum atomic E-state index is 12.1. The van der Waals surface area contributed by atoms with Gasteiger partial charge in [-0.1, -0.05) is 11.6 Å². The average Bonchev–Trinajstić information content (AvgIpc) is 2.49. The molecule has 2 aromatic rings. The topological polar surface area (TPSA) is 91.8 Å². The molecule has 0 spiro atoms. The number of nitriles is 1. The van der Waals surface area contributed by atoms with Crippen molar-refractivity contribution in [1.29, 1.82) is 5.26 Å². The molecule has 1 aromatic heterocycles. The Balaban J connectivity index is 2.21. The Morgan fingerprint density at radius 2 is 2.20 bits per heavy atom. The number of carbonyl (C=O) groups is 1. The molecule has 0 saturated heterocycles. The van der Waals surface area contributed by atoms with Gasteiger partial charge >= 0.3 is 0 Å². The number of carbonyl (C=O) groups excluding carboxylic acids is 1. The summed E-state index contributed by atoms with van der Waals surface area (Å²) < 4.78 is 0. The lowest BCUT2D eigenvalue weighted by Gasteiger charge is -2.08. The van der Waals surface area contributed by atoms with E-state index in [4.69, 9.17) is 22.6 Å². The minimum Gasteiger partial charge on any atom is -0.325 e. The number of amides is 1. The summed E-state index contributed by atoms with van der Waals surface area (Å²) in [5, 5.41) is 11.7. The van der Waals surface area contributed by atoms with E-state index in [1.54, 1.807) is 24.3 Å². The summed E-state index contributed by atoms with van der Waals surface area (Å²) in [6.07, 6.45) is 1.53. The number of hydrogen-bond acceptors (Lipinski definition) is 4. The van der Waals surface area contributed by atoms with Crippen LogP contribution in [0.3, 0.4) is 0 Å². The van der Waals surface area contributed by atoms with Crippen molar-refractivity contribution in [3.05, 3.63) is 58.4 Å². The van der Waals surface area contributed by atoms with Crippen LogP contribution in [-0.4, -0.2) is 10.9 Å². The highest BCUT2D eigenvalue weighted by Gasteiger charge is 2.09. The van der Waals surface area contributed by atoms with E-state index in [0.29, 0.717) is 27.5 Å². The first-order valence-corrected chi connectivity index (χ1v) is 6.18. The molecule has 0 radical (unpaired) electrons. The van der Waals surface area contributed by atoms with E-state index in [1.165, 1.54) is 12.3 Å². The van der Waals surface area contributed by atoms with E-state index < -0.39 is 0 Å². The highest BCUT2D eigenvalue weighted by molar-refractivity contribution is 6.34. The molecule has 1 amide bonds.